The summed E-state index contributed by atoms with van der Waals surface area (Å²) in [6, 6.07) is 8.40. The van der Waals surface area contributed by atoms with Crippen molar-refractivity contribution in [1.82, 2.24) is 5.16 Å². The van der Waals surface area contributed by atoms with Crippen molar-refractivity contribution in [2.75, 3.05) is 5.73 Å². The Labute approximate surface area is 95.3 Å². The Morgan fingerprint density at radius 3 is 2.56 bits per heavy atom. The Kier molecular flexibility index (Phi) is 3.25. The number of hydrogen-bond donors (Lipinski definition) is 1. The largest absolute Gasteiger partial charge is 0.367 e. The minimum absolute atomic E-state index is 0.376. The number of aryl methyl sites for hydroxylation is 1. The molecule has 0 saturated carbocycles. The molecule has 3 nitrogen and oxygen atoms in total. The van der Waals surface area contributed by atoms with Crippen molar-refractivity contribution in [3.63, 3.8) is 0 Å². The lowest BCUT2D eigenvalue weighted by atomic mass is 10.0. The van der Waals surface area contributed by atoms with E-state index in [1.807, 2.05) is 0 Å². The van der Waals surface area contributed by atoms with Crippen LogP contribution in [0.2, 0.25) is 0 Å². The van der Waals surface area contributed by atoms with E-state index in [2.05, 4.69) is 36.3 Å². The normalized spacial score (nSPS) is 10.6. The highest BCUT2D eigenvalue weighted by Crippen LogP contribution is 2.25. The third kappa shape index (κ3) is 2.24. The number of unbranched alkanes of at least 4 members (excludes halogenated alkanes) is 1. The quantitative estimate of drug-likeness (QED) is 0.853. The van der Waals surface area contributed by atoms with E-state index in [1.54, 1.807) is 6.20 Å². The van der Waals surface area contributed by atoms with Gasteiger partial charge in [-0.3, -0.25) is 0 Å². The highest BCUT2D eigenvalue weighted by Gasteiger charge is 2.06. The van der Waals surface area contributed by atoms with Crippen molar-refractivity contribution in [3.05, 3.63) is 36.0 Å². The van der Waals surface area contributed by atoms with E-state index in [9.17, 15) is 0 Å². The van der Waals surface area contributed by atoms with Crippen LogP contribution in [0.1, 0.15) is 25.3 Å². The third-order valence-corrected chi connectivity index (χ3v) is 2.68. The Morgan fingerprint density at radius 2 is 2.00 bits per heavy atom. The molecule has 2 N–H and O–H groups in total. The summed E-state index contributed by atoms with van der Waals surface area (Å²) in [4.78, 5) is 0. The summed E-state index contributed by atoms with van der Waals surface area (Å²) < 4.78 is 4.84. The van der Waals surface area contributed by atoms with E-state index in [4.69, 9.17) is 10.3 Å². The summed E-state index contributed by atoms with van der Waals surface area (Å²) in [5.41, 5.74) is 8.94. The molecular formula is C13H16N2O. The van der Waals surface area contributed by atoms with Crippen LogP contribution in [-0.2, 0) is 6.42 Å². The predicted octanol–water partition coefficient (Wildman–Crippen LogP) is 3.27. The predicted molar refractivity (Wildman–Crippen MR) is 65.0 cm³/mol. The first-order chi connectivity index (χ1) is 7.81. The van der Waals surface area contributed by atoms with E-state index < -0.39 is 0 Å². The fourth-order valence-corrected chi connectivity index (χ4v) is 1.70. The van der Waals surface area contributed by atoms with Crippen molar-refractivity contribution in [2.45, 2.75) is 26.2 Å². The molecule has 0 fully saturated rings. The van der Waals surface area contributed by atoms with E-state index >= 15 is 0 Å². The minimum atomic E-state index is 0.376. The maximum atomic E-state index is 5.66. The Bertz CT molecular complexity index is 445. The van der Waals surface area contributed by atoms with Crippen LogP contribution in [0.3, 0.4) is 0 Å². The third-order valence-electron chi connectivity index (χ3n) is 2.68. The molecule has 0 aliphatic rings. The van der Waals surface area contributed by atoms with Crippen molar-refractivity contribution in [1.29, 1.82) is 0 Å². The SMILES string of the molecule is CCCCc1ccc(-c2cnoc2N)cc1. The highest BCUT2D eigenvalue weighted by molar-refractivity contribution is 5.71. The number of nitrogen functional groups attached to an aromatic ring is 1. The summed E-state index contributed by atoms with van der Waals surface area (Å²) in [6.07, 6.45) is 5.24. The lowest BCUT2D eigenvalue weighted by molar-refractivity contribution is 0.436. The van der Waals surface area contributed by atoms with Crippen LogP contribution in [0.4, 0.5) is 5.88 Å². The fraction of sp³-hybridized carbons (Fsp3) is 0.308. The van der Waals surface area contributed by atoms with Crippen LogP contribution < -0.4 is 5.73 Å². The first kappa shape index (κ1) is 10.7. The highest BCUT2D eigenvalue weighted by atomic mass is 16.5. The van der Waals surface area contributed by atoms with Crippen LogP contribution in [-0.4, -0.2) is 5.16 Å². The van der Waals surface area contributed by atoms with Gasteiger partial charge in [-0.05, 0) is 24.0 Å². The molecule has 1 heterocycles. The second-order valence-corrected chi connectivity index (χ2v) is 3.90. The molecule has 0 amide bonds. The average Bonchev–Trinajstić information content (AvgIpc) is 2.74. The summed E-state index contributed by atoms with van der Waals surface area (Å²) in [5, 5.41) is 3.67. The van der Waals surface area contributed by atoms with Crippen LogP contribution >= 0.6 is 0 Å². The maximum absolute atomic E-state index is 5.66. The molecular weight excluding hydrogens is 200 g/mol. The van der Waals surface area contributed by atoms with Crippen molar-refractivity contribution < 1.29 is 4.52 Å². The molecule has 0 unspecified atom stereocenters. The molecule has 0 aliphatic carbocycles. The van der Waals surface area contributed by atoms with Gasteiger partial charge in [-0.15, -0.1) is 0 Å². The summed E-state index contributed by atoms with van der Waals surface area (Å²) in [7, 11) is 0. The van der Waals surface area contributed by atoms with Crippen LogP contribution in [0, 0.1) is 0 Å². The molecule has 0 radical (unpaired) electrons. The van der Waals surface area contributed by atoms with Gasteiger partial charge in [0.1, 0.15) is 0 Å². The molecule has 0 saturated heterocycles. The van der Waals surface area contributed by atoms with Crippen LogP contribution in [0.5, 0.6) is 0 Å². The molecule has 16 heavy (non-hydrogen) atoms. The first-order valence-electron chi connectivity index (χ1n) is 5.60. The van der Waals surface area contributed by atoms with Gasteiger partial charge in [-0.2, -0.15) is 0 Å². The van der Waals surface area contributed by atoms with Gasteiger partial charge in [0.15, 0.2) is 0 Å². The fourth-order valence-electron chi connectivity index (χ4n) is 1.70. The second kappa shape index (κ2) is 4.84. The summed E-state index contributed by atoms with van der Waals surface area (Å²) in [5.74, 6) is 0.376. The average molecular weight is 216 g/mol. The van der Waals surface area contributed by atoms with E-state index in [0.29, 0.717) is 5.88 Å². The van der Waals surface area contributed by atoms with Gasteiger partial charge >= 0.3 is 0 Å². The number of anilines is 1. The summed E-state index contributed by atoms with van der Waals surface area (Å²) in [6.45, 7) is 2.20. The van der Waals surface area contributed by atoms with Gasteiger partial charge in [0.25, 0.3) is 0 Å². The van der Waals surface area contributed by atoms with Gasteiger partial charge in [0.05, 0.1) is 11.8 Å². The van der Waals surface area contributed by atoms with Crippen molar-refractivity contribution in [2.24, 2.45) is 0 Å². The second-order valence-electron chi connectivity index (χ2n) is 3.90. The smallest absolute Gasteiger partial charge is 0.229 e. The van der Waals surface area contributed by atoms with Gasteiger partial charge < -0.3 is 10.3 Å². The standard InChI is InChI=1S/C13H16N2O/c1-2-3-4-10-5-7-11(8-6-10)12-9-15-16-13(12)14/h5-9H,2-4,14H2,1H3. The van der Waals surface area contributed by atoms with Gasteiger partial charge in [0.2, 0.25) is 5.88 Å². The van der Waals surface area contributed by atoms with Crippen LogP contribution in [0.25, 0.3) is 11.1 Å². The molecule has 0 bridgehead atoms. The molecule has 0 atom stereocenters. The number of nitrogens with zero attached hydrogens (tertiary/aromatic N) is 1. The van der Waals surface area contributed by atoms with Crippen molar-refractivity contribution >= 4 is 5.88 Å². The topological polar surface area (TPSA) is 52.0 Å². The van der Waals surface area contributed by atoms with E-state index in [1.165, 1.54) is 18.4 Å². The Morgan fingerprint density at radius 1 is 1.25 bits per heavy atom. The zero-order valence-electron chi connectivity index (χ0n) is 9.44. The van der Waals surface area contributed by atoms with Gasteiger partial charge in [-0.25, -0.2) is 0 Å². The maximum Gasteiger partial charge on any atom is 0.229 e. The lowest BCUT2D eigenvalue weighted by Crippen LogP contribution is -1.87. The molecule has 0 spiro atoms. The van der Waals surface area contributed by atoms with Gasteiger partial charge in [0, 0.05) is 0 Å². The van der Waals surface area contributed by atoms with Crippen LogP contribution in [0.15, 0.2) is 35.0 Å². The number of nitrogens with two attached hydrogens (primary N) is 1. The Balaban J connectivity index is 2.16. The molecule has 84 valence electrons. The molecule has 3 heteroatoms. The number of rotatable bonds is 4. The van der Waals surface area contributed by atoms with Gasteiger partial charge in [-0.1, -0.05) is 42.8 Å². The van der Waals surface area contributed by atoms with E-state index in [-0.39, 0.29) is 0 Å². The van der Waals surface area contributed by atoms with E-state index in [0.717, 1.165) is 17.5 Å². The Hall–Kier alpha value is -1.77. The number of hydrogen-bond acceptors (Lipinski definition) is 3. The monoisotopic (exact) mass is 216 g/mol. The lowest BCUT2D eigenvalue weighted by Gasteiger charge is -2.02. The molecule has 1 aromatic heterocycles. The summed E-state index contributed by atoms with van der Waals surface area (Å²) >= 11 is 0. The molecule has 2 aromatic rings. The molecule has 1 aromatic carbocycles. The molecule has 0 aliphatic heterocycles. The molecule has 2 rings (SSSR count). The number of benzene rings is 1. The zero-order valence-corrected chi connectivity index (χ0v) is 9.44. The minimum Gasteiger partial charge on any atom is -0.367 e. The van der Waals surface area contributed by atoms with Crippen molar-refractivity contribution in [3.8, 4) is 11.1 Å². The zero-order chi connectivity index (χ0) is 11.4. The number of aromatic nitrogens is 1. The first-order valence-corrected chi connectivity index (χ1v) is 5.60.